The predicted molar refractivity (Wildman–Crippen MR) is 83.2 cm³/mol. The van der Waals surface area contributed by atoms with Gasteiger partial charge in [-0.25, -0.2) is 13.1 Å². The highest BCUT2D eigenvalue weighted by Gasteiger charge is 2.29. The van der Waals surface area contributed by atoms with Gasteiger partial charge in [-0.2, -0.15) is 0 Å². The minimum atomic E-state index is -3.81. The molecule has 1 rings (SSSR count). The van der Waals surface area contributed by atoms with Crippen molar-refractivity contribution in [2.45, 2.75) is 45.2 Å². The molecule has 0 aliphatic rings. The number of rotatable bonds is 5. The lowest BCUT2D eigenvalue weighted by atomic mass is 9.89. The van der Waals surface area contributed by atoms with E-state index >= 15 is 0 Å². The molecular weight excluding hydrogens is 314 g/mol. The molecule has 1 unspecified atom stereocenters. The Morgan fingerprint density at radius 2 is 1.95 bits per heavy atom. The molecular formula is C14H22ClNO4S. The number of aliphatic hydroxyl groups excluding tert-OH is 1. The fraction of sp³-hybridized carbons (Fsp3) is 0.571. The van der Waals surface area contributed by atoms with Gasteiger partial charge >= 0.3 is 0 Å². The first-order valence-electron chi connectivity index (χ1n) is 6.52. The molecule has 0 amide bonds. The van der Waals surface area contributed by atoms with Crippen molar-refractivity contribution < 1.29 is 18.3 Å². The van der Waals surface area contributed by atoms with Crippen LogP contribution in [-0.4, -0.2) is 26.7 Å². The first-order valence-corrected chi connectivity index (χ1v) is 8.38. The van der Waals surface area contributed by atoms with Crippen LogP contribution in [0.3, 0.4) is 0 Å². The average Bonchev–Trinajstić information content (AvgIpc) is 2.35. The first-order chi connectivity index (χ1) is 9.52. The molecule has 0 heterocycles. The molecule has 1 aromatic carbocycles. The summed E-state index contributed by atoms with van der Waals surface area (Å²) >= 11 is 5.93. The average molecular weight is 336 g/mol. The van der Waals surface area contributed by atoms with Crippen molar-refractivity contribution in [2.75, 3.05) is 7.11 Å². The molecule has 0 aliphatic carbocycles. The number of methoxy groups -OCH3 is 1. The van der Waals surface area contributed by atoms with Crippen LogP contribution in [0.1, 0.15) is 33.3 Å². The third-order valence-corrected chi connectivity index (χ3v) is 5.16. The van der Waals surface area contributed by atoms with Gasteiger partial charge in [0.05, 0.1) is 13.7 Å². The van der Waals surface area contributed by atoms with E-state index in [2.05, 4.69) is 4.72 Å². The van der Waals surface area contributed by atoms with Gasteiger partial charge in [-0.15, -0.1) is 0 Å². The lowest BCUT2D eigenvalue weighted by molar-refractivity contribution is 0.272. The van der Waals surface area contributed by atoms with E-state index < -0.39 is 10.0 Å². The number of aliphatic hydroxyl groups is 1. The first kappa shape index (κ1) is 18.2. The van der Waals surface area contributed by atoms with Crippen LogP contribution in [0.4, 0.5) is 0 Å². The topological polar surface area (TPSA) is 75.6 Å². The maximum absolute atomic E-state index is 12.6. The Morgan fingerprint density at radius 1 is 1.38 bits per heavy atom. The maximum atomic E-state index is 12.6. The van der Waals surface area contributed by atoms with E-state index in [1.165, 1.54) is 19.2 Å². The molecule has 0 saturated carbocycles. The molecule has 1 aromatic rings. The number of sulfonamides is 1. The largest absolute Gasteiger partial charge is 0.495 e. The fourth-order valence-electron chi connectivity index (χ4n) is 1.64. The van der Waals surface area contributed by atoms with Crippen molar-refractivity contribution in [1.82, 2.24) is 4.72 Å². The second kappa shape index (κ2) is 6.52. The molecule has 5 nitrogen and oxygen atoms in total. The van der Waals surface area contributed by atoms with E-state index in [-0.39, 0.29) is 33.7 Å². The summed E-state index contributed by atoms with van der Waals surface area (Å²) in [6, 6.07) is 2.51. The van der Waals surface area contributed by atoms with Crippen LogP contribution in [0, 0.1) is 5.41 Å². The molecule has 0 spiro atoms. The SMILES string of the molecule is COc1c(CO)cc(Cl)cc1S(=O)(=O)NC(C)C(C)(C)C. The molecule has 0 saturated heterocycles. The number of halogens is 1. The molecule has 120 valence electrons. The Bertz CT molecular complexity index is 608. The standard InChI is InChI=1S/C14H22ClNO4S/c1-9(14(2,3)4)16-21(18,19)12-7-11(15)6-10(8-17)13(12)20-5/h6-7,9,16-17H,8H2,1-5H3. The van der Waals surface area contributed by atoms with Gasteiger partial charge in [0.2, 0.25) is 10.0 Å². The quantitative estimate of drug-likeness (QED) is 0.867. The van der Waals surface area contributed by atoms with Gasteiger partial charge in [0.25, 0.3) is 0 Å². The Labute approximate surface area is 131 Å². The molecule has 0 aromatic heterocycles. The van der Waals surface area contributed by atoms with Gasteiger partial charge in [0.1, 0.15) is 10.6 Å². The molecule has 0 aliphatic heterocycles. The Morgan fingerprint density at radius 3 is 2.38 bits per heavy atom. The van der Waals surface area contributed by atoms with Crippen LogP contribution < -0.4 is 9.46 Å². The van der Waals surface area contributed by atoms with Crippen molar-refractivity contribution in [1.29, 1.82) is 0 Å². The normalized spacial score (nSPS) is 14.0. The second-order valence-corrected chi connectivity index (χ2v) is 8.08. The summed E-state index contributed by atoms with van der Waals surface area (Å²) in [4.78, 5) is -0.0716. The van der Waals surface area contributed by atoms with Gasteiger partial charge in [-0.1, -0.05) is 32.4 Å². The van der Waals surface area contributed by atoms with E-state index in [0.29, 0.717) is 5.56 Å². The van der Waals surface area contributed by atoms with Crippen molar-refractivity contribution in [3.8, 4) is 5.75 Å². The monoisotopic (exact) mass is 335 g/mol. The zero-order chi connectivity index (χ0) is 16.4. The van der Waals surface area contributed by atoms with E-state index in [0.717, 1.165) is 0 Å². The highest BCUT2D eigenvalue weighted by Crippen LogP contribution is 2.32. The number of nitrogens with one attached hydrogen (secondary N) is 1. The summed E-state index contributed by atoms with van der Waals surface area (Å²) in [7, 11) is -2.46. The summed E-state index contributed by atoms with van der Waals surface area (Å²) in [5, 5.41) is 9.55. The van der Waals surface area contributed by atoms with Crippen LogP contribution in [0.2, 0.25) is 5.02 Å². The van der Waals surface area contributed by atoms with Crippen LogP contribution in [0.25, 0.3) is 0 Å². The summed E-state index contributed by atoms with van der Waals surface area (Å²) in [6.45, 7) is 7.25. The highest BCUT2D eigenvalue weighted by atomic mass is 35.5. The van der Waals surface area contributed by atoms with Crippen molar-refractivity contribution in [3.63, 3.8) is 0 Å². The van der Waals surface area contributed by atoms with Crippen LogP contribution in [-0.2, 0) is 16.6 Å². The molecule has 21 heavy (non-hydrogen) atoms. The second-order valence-electron chi connectivity index (χ2n) is 5.96. The Kier molecular flexibility index (Phi) is 5.66. The molecule has 0 fully saturated rings. The lowest BCUT2D eigenvalue weighted by Crippen LogP contribution is -2.41. The smallest absolute Gasteiger partial charge is 0.244 e. The van der Waals surface area contributed by atoms with Gasteiger partial charge in [-0.3, -0.25) is 0 Å². The van der Waals surface area contributed by atoms with Crippen molar-refractivity contribution in [3.05, 3.63) is 22.7 Å². The third kappa shape index (κ3) is 4.32. The van der Waals surface area contributed by atoms with Crippen molar-refractivity contribution in [2.24, 2.45) is 5.41 Å². The molecule has 2 N–H and O–H groups in total. The maximum Gasteiger partial charge on any atom is 0.244 e. The van der Waals surface area contributed by atoms with Gasteiger partial charge in [0.15, 0.2) is 0 Å². The van der Waals surface area contributed by atoms with Crippen LogP contribution in [0.5, 0.6) is 5.75 Å². The highest BCUT2D eigenvalue weighted by molar-refractivity contribution is 7.89. The Balaban J connectivity index is 3.35. The third-order valence-electron chi connectivity index (χ3n) is 3.39. The van der Waals surface area contributed by atoms with Gasteiger partial charge < -0.3 is 9.84 Å². The van der Waals surface area contributed by atoms with Crippen LogP contribution in [0.15, 0.2) is 17.0 Å². The van der Waals surface area contributed by atoms with E-state index in [1.807, 2.05) is 20.8 Å². The summed E-state index contributed by atoms with van der Waals surface area (Å²) < 4.78 is 32.9. The fourth-order valence-corrected chi connectivity index (χ4v) is 3.64. The number of hydrogen-bond donors (Lipinski definition) is 2. The van der Waals surface area contributed by atoms with Gasteiger partial charge in [-0.05, 0) is 24.5 Å². The number of ether oxygens (including phenoxy) is 1. The molecule has 0 radical (unpaired) electrons. The molecule has 0 bridgehead atoms. The Hall–Kier alpha value is -0.820. The molecule has 1 atom stereocenters. The zero-order valence-electron chi connectivity index (χ0n) is 12.9. The predicted octanol–water partition coefficient (Wildman–Crippen LogP) is 2.55. The van der Waals surface area contributed by atoms with Crippen LogP contribution >= 0.6 is 11.6 Å². The summed E-state index contributed by atoms with van der Waals surface area (Å²) in [5.41, 5.74) is 0.0902. The molecule has 7 heteroatoms. The minimum absolute atomic E-state index is 0.0716. The number of hydrogen-bond acceptors (Lipinski definition) is 4. The van der Waals surface area contributed by atoms with Crippen molar-refractivity contribution >= 4 is 21.6 Å². The summed E-state index contributed by atoms with van der Waals surface area (Å²) in [6.07, 6.45) is 0. The van der Waals surface area contributed by atoms with E-state index in [9.17, 15) is 13.5 Å². The van der Waals surface area contributed by atoms with E-state index in [4.69, 9.17) is 16.3 Å². The van der Waals surface area contributed by atoms with Gasteiger partial charge in [0, 0.05) is 16.6 Å². The van der Waals surface area contributed by atoms with E-state index in [1.54, 1.807) is 6.92 Å². The number of benzene rings is 1. The summed E-state index contributed by atoms with van der Waals surface area (Å²) in [5.74, 6) is 0.107. The zero-order valence-corrected chi connectivity index (χ0v) is 14.5. The lowest BCUT2D eigenvalue weighted by Gasteiger charge is -2.28. The minimum Gasteiger partial charge on any atom is -0.495 e.